The molecule has 2 aromatic rings. The van der Waals surface area contributed by atoms with Crippen LogP contribution in [0.1, 0.15) is 5.56 Å². The predicted molar refractivity (Wildman–Crippen MR) is 81.1 cm³/mol. The van der Waals surface area contributed by atoms with Gasteiger partial charge in [0.05, 0.1) is 24.2 Å². The van der Waals surface area contributed by atoms with Crippen LogP contribution in [0.5, 0.6) is 5.75 Å². The molecule has 0 fully saturated rings. The number of rotatable bonds is 6. The van der Waals surface area contributed by atoms with Gasteiger partial charge in [-0.25, -0.2) is 4.98 Å². The van der Waals surface area contributed by atoms with Crippen LogP contribution in [-0.4, -0.2) is 23.6 Å². The van der Waals surface area contributed by atoms with Crippen molar-refractivity contribution < 1.29 is 9.66 Å². The van der Waals surface area contributed by atoms with Crippen LogP contribution in [0.3, 0.4) is 0 Å². The Morgan fingerprint density at radius 1 is 1.38 bits per heavy atom. The molecule has 0 bridgehead atoms. The van der Waals surface area contributed by atoms with E-state index in [9.17, 15) is 10.1 Å². The molecule has 7 heteroatoms. The van der Waals surface area contributed by atoms with Crippen molar-refractivity contribution in [3.05, 3.63) is 57.2 Å². The fourth-order valence-electron chi connectivity index (χ4n) is 1.84. The normalized spacial score (nSPS) is 10.2. The van der Waals surface area contributed by atoms with Crippen molar-refractivity contribution in [2.45, 2.75) is 6.42 Å². The van der Waals surface area contributed by atoms with Crippen molar-refractivity contribution in [1.82, 2.24) is 4.98 Å². The Balaban J connectivity index is 1.98. The number of nitro groups is 1. The number of benzene rings is 1. The van der Waals surface area contributed by atoms with Gasteiger partial charge >= 0.3 is 0 Å². The molecule has 2 rings (SSSR count). The molecule has 0 radical (unpaired) electrons. The zero-order valence-corrected chi connectivity index (χ0v) is 12.1. The van der Waals surface area contributed by atoms with Crippen molar-refractivity contribution in [2.24, 2.45) is 0 Å². The van der Waals surface area contributed by atoms with Gasteiger partial charge in [0.25, 0.3) is 5.69 Å². The average Bonchev–Trinajstić information content (AvgIpc) is 2.47. The monoisotopic (exact) mass is 307 g/mol. The second kappa shape index (κ2) is 6.90. The predicted octanol–water partition coefficient (Wildman–Crippen LogP) is 3.31. The fourth-order valence-corrected chi connectivity index (χ4v) is 2.05. The minimum absolute atomic E-state index is 0.0844. The number of anilines is 1. The van der Waals surface area contributed by atoms with E-state index in [4.69, 9.17) is 16.3 Å². The highest BCUT2D eigenvalue weighted by Gasteiger charge is 2.09. The third kappa shape index (κ3) is 4.32. The standard InChI is InChI=1S/C14H14ClN3O3/c1-21-12-4-2-3-10(7-12)5-6-16-14-9-11(18(19)20)8-13(15)17-14/h2-4,7-9H,5-6H2,1H3,(H,16,17). The molecule has 0 amide bonds. The minimum Gasteiger partial charge on any atom is -0.497 e. The first kappa shape index (κ1) is 15.1. The van der Waals surface area contributed by atoms with E-state index in [2.05, 4.69) is 10.3 Å². The summed E-state index contributed by atoms with van der Waals surface area (Å²) in [5.74, 6) is 1.18. The van der Waals surface area contributed by atoms with Gasteiger partial charge in [-0.15, -0.1) is 0 Å². The molecule has 0 saturated carbocycles. The highest BCUT2D eigenvalue weighted by molar-refractivity contribution is 6.29. The van der Waals surface area contributed by atoms with Gasteiger partial charge in [-0.1, -0.05) is 23.7 Å². The Hall–Kier alpha value is -2.34. The van der Waals surface area contributed by atoms with E-state index in [1.165, 1.54) is 12.1 Å². The smallest absolute Gasteiger partial charge is 0.276 e. The van der Waals surface area contributed by atoms with E-state index < -0.39 is 4.92 Å². The Morgan fingerprint density at radius 3 is 2.90 bits per heavy atom. The third-order valence-electron chi connectivity index (χ3n) is 2.84. The maximum Gasteiger partial charge on any atom is 0.276 e. The van der Waals surface area contributed by atoms with Crippen LogP contribution in [0, 0.1) is 10.1 Å². The molecule has 0 aliphatic carbocycles. The first-order valence-electron chi connectivity index (χ1n) is 6.27. The van der Waals surface area contributed by atoms with Crippen LogP contribution in [-0.2, 0) is 6.42 Å². The first-order valence-corrected chi connectivity index (χ1v) is 6.65. The van der Waals surface area contributed by atoms with E-state index >= 15 is 0 Å². The van der Waals surface area contributed by atoms with Crippen molar-refractivity contribution in [2.75, 3.05) is 19.0 Å². The lowest BCUT2D eigenvalue weighted by molar-refractivity contribution is -0.384. The van der Waals surface area contributed by atoms with Crippen LogP contribution in [0.15, 0.2) is 36.4 Å². The van der Waals surface area contributed by atoms with Crippen molar-refractivity contribution >= 4 is 23.1 Å². The fraction of sp³-hybridized carbons (Fsp3) is 0.214. The molecule has 0 aliphatic rings. The van der Waals surface area contributed by atoms with E-state index in [0.717, 1.165) is 17.7 Å². The summed E-state index contributed by atoms with van der Waals surface area (Å²) in [6.45, 7) is 0.581. The molecule has 6 nitrogen and oxygen atoms in total. The molecule has 1 aromatic carbocycles. The van der Waals surface area contributed by atoms with Gasteiger partial charge in [0.1, 0.15) is 16.7 Å². The molecule has 1 N–H and O–H groups in total. The number of hydrogen-bond donors (Lipinski definition) is 1. The second-order valence-corrected chi connectivity index (χ2v) is 4.71. The van der Waals surface area contributed by atoms with Crippen molar-refractivity contribution in [1.29, 1.82) is 0 Å². The molecular formula is C14H14ClN3O3. The zero-order valence-electron chi connectivity index (χ0n) is 11.4. The van der Waals surface area contributed by atoms with Crippen LogP contribution in [0.2, 0.25) is 5.15 Å². The molecule has 0 unspecified atom stereocenters. The largest absolute Gasteiger partial charge is 0.497 e. The zero-order chi connectivity index (χ0) is 15.2. The van der Waals surface area contributed by atoms with Crippen LogP contribution < -0.4 is 10.1 Å². The van der Waals surface area contributed by atoms with E-state index in [0.29, 0.717) is 12.4 Å². The molecule has 0 spiro atoms. The summed E-state index contributed by atoms with van der Waals surface area (Å²) in [7, 11) is 1.62. The number of nitrogens with zero attached hydrogens (tertiary/aromatic N) is 2. The van der Waals surface area contributed by atoms with Gasteiger partial charge in [-0.2, -0.15) is 0 Å². The lowest BCUT2D eigenvalue weighted by atomic mass is 10.1. The molecule has 1 aromatic heterocycles. The van der Waals surface area contributed by atoms with Gasteiger partial charge in [0, 0.05) is 6.54 Å². The van der Waals surface area contributed by atoms with Crippen LogP contribution >= 0.6 is 11.6 Å². The highest BCUT2D eigenvalue weighted by atomic mass is 35.5. The van der Waals surface area contributed by atoms with Gasteiger partial charge in [-0.05, 0) is 24.1 Å². The Morgan fingerprint density at radius 2 is 2.19 bits per heavy atom. The summed E-state index contributed by atoms with van der Waals surface area (Å²) in [4.78, 5) is 14.3. The molecule has 1 heterocycles. The number of aromatic nitrogens is 1. The topological polar surface area (TPSA) is 77.3 Å². The third-order valence-corrected chi connectivity index (χ3v) is 3.04. The first-order chi connectivity index (χ1) is 10.1. The maximum absolute atomic E-state index is 10.7. The summed E-state index contributed by atoms with van der Waals surface area (Å²) in [6.07, 6.45) is 0.735. The van der Waals surface area contributed by atoms with E-state index in [-0.39, 0.29) is 10.8 Å². The summed E-state index contributed by atoms with van der Waals surface area (Å²) >= 11 is 5.76. The number of methoxy groups -OCH3 is 1. The highest BCUT2D eigenvalue weighted by Crippen LogP contribution is 2.20. The summed E-state index contributed by atoms with van der Waals surface area (Å²) < 4.78 is 5.15. The van der Waals surface area contributed by atoms with Gasteiger partial charge < -0.3 is 10.1 Å². The summed E-state index contributed by atoms with van der Waals surface area (Å²) in [5.41, 5.74) is 1.01. The van der Waals surface area contributed by atoms with Crippen LogP contribution in [0.4, 0.5) is 11.5 Å². The molecular weight excluding hydrogens is 294 g/mol. The number of hydrogen-bond acceptors (Lipinski definition) is 5. The number of halogens is 1. The van der Waals surface area contributed by atoms with Crippen molar-refractivity contribution in [3.8, 4) is 5.75 Å². The number of pyridine rings is 1. The molecule has 0 saturated heterocycles. The van der Waals surface area contributed by atoms with E-state index in [1.54, 1.807) is 7.11 Å². The maximum atomic E-state index is 10.7. The lowest BCUT2D eigenvalue weighted by Crippen LogP contribution is -2.07. The quantitative estimate of drug-likeness (QED) is 0.503. The number of nitrogens with one attached hydrogen (secondary N) is 1. The van der Waals surface area contributed by atoms with Crippen LogP contribution in [0.25, 0.3) is 0 Å². The Kier molecular flexibility index (Phi) is 4.94. The van der Waals surface area contributed by atoms with E-state index in [1.807, 2.05) is 24.3 Å². The Bertz CT molecular complexity index is 649. The van der Waals surface area contributed by atoms with Crippen molar-refractivity contribution in [3.63, 3.8) is 0 Å². The SMILES string of the molecule is COc1cccc(CCNc2cc([N+](=O)[O-])cc(Cl)n2)c1. The summed E-state index contributed by atoms with van der Waals surface area (Å²) in [5, 5.41) is 13.9. The summed E-state index contributed by atoms with van der Waals surface area (Å²) in [6, 6.07) is 10.3. The van der Waals surface area contributed by atoms with Gasteiger partial charge in [0.15, 0.2) is 0 Å². The molecule has 110 valence electrons. The lowest BCUT2D eigenvalue weighted by Gasteiger charge is -2.07. The van der Waals surface area contributed by atoms with Gasteiger partial charge in [-0.3, -0.25) is 10.1 Å². The molecule has 21 heavy (non-hydrogen) atoms. The Labute approximate surface area is 126 Å². The molecule has 0 atom stereocenters. The number of ether oxygens (including phenoxy) is 1. The minimum atomic E-state index is -0.499. The second-order valence-electron chi connectivity index (χ2n) is 4.32. The molecule has 0 aliphatic heterocycles. The average molecular weight is 308 g/mol. The van der Waals surface area contributed by atoms with Gasteiger partial charge in [0.2, 0.25) is 0 Å².